The van der Waals surface area contributed by atoms with Gasteiger partial charge >= 0.3 is 0 Å². The summed E-state index contributed by atoms with van der Waals surface area (Å²) in [6.45, 7) is 9.02. The molecule has 0 amide bonds. The van der Waals surface area contributed by atoms with Crippen LogP contribution in [0.2, 0.25) is 0 Å². The van der Waals surface area contributed by atoms with Crippen molar-refractivity contribution in [1.29, 1.82) is 0 Å². The number of aryl methyl sites for hydroxylation is 4. The van der Waals surface area contributed by atoms with E-state index >= 15 is 0 Å². The number of benzene rings is 8. The molecule has 2 heterocycles. The molecular formula is C61H56N2. The zero-order valence-electron chi connectivity index (χ0n) is 37.2. The molecule has 2 nitrogen and oxygen atoms in total. The molecule has 2 aliphatic heterocycles. The number of rotatable bonds is 10. The van der Waals surface area contributed by atoms with Crippen LogP contribution in [0.15, 0.2) is 170 Å². The lowest BCUT2D eigenvalue weighted by molar-refractivity contribution is 0.758. The van der Waals surface area contributed by atoms with Gasteiger partial charge in [0.2, 0.25) is 0 Å². The van der Waals surface area contributed by atoms with Crippen molar-refractivity contribution in [3.63, 3.8) is 0 Å². The van der Waals surface area contributed by atoms with E-state index in [1.165, 1.54) is 138 Å². The van der Waals surface area contributed by atoms with Crippen molar-refractivity contribution in [2.45, 2.75) is 84.5 Å². The van der Waals surface area contributed by atoms with E-state index in [1.807, 2.05) is 0 Å². The van der Waals surface area contributed by atoms with Crippen molar-refractivity contribution in [1.82, 2.24) is 0 Å². The fraction of sp³-hybridized carbons (Fsp3) is 0.213. The van der Waals surface area contributed by atoms with Crippen molar-refractivity contribution < 1.29 is 0 Å². The Morgan fingerprint density at radius 3 is 1.21 bits per heavy atom. The van der Waals surface area contributed by atoms with Crippen LogP contribution in [0.1, 0.15) is 106 Å². The van der Waals surface area contributed by atoms with Crippen LogP contribution < -0.4 is 9.80 Å². The molecule has 63 heavy (non-hydrogen) atoms. The first-order valence-electron chi connectivity index (χ1n) is 23.4. The molecule has 310 valence electrons. The van der Waals surface area contributed by atoms with Gasteiger partial charge < -0.3 is 9.80 Å². The zero-order chi connectivity index (χ0) is 42.7. The van der Waals surface area contributed by atoms with Crippen LogP contribution in [0.3, 0.4) is 0 Å². The van der Waals surface area contributed by atoms with Crippen LogP contribution in [0, 0.1) is 13.8 Å². The van der Waals surface area contributed by atoms with E-state index in [2.05, 4.69) is 207 Å². The van der Waals surface area contributed by atoms with Crippen molar-refractivity contribution in [3.8, 4) is 11.1 Å². The smallest absolute Gasteiger partial charge is 0.0715 e. The van der Waals surface area contributed by atoms with Gasteiger partial charge in [-0.15, -0.1) is 0 Å². The van der Waals surface area contributed by atoms with Gasteiger partial charge in [0, 0.05) is 35.6 Å². The second-order valence-corrected chi connectivity index (χ2v) is 18.4. The molecule has 1 aliphatic carbocycles. The van der Waals surface area contributed by atoms with Gasteiger partial charge in [0.15, 0.2) is 0 Å². The molecule has 8 aromatic rings. The third-order valence-corrected chi connectivity index (χ3v) is 14.2. The van der Waals surface area contributed by atoms with E-state index in [4.69, 9.17) is 0 Å². The molecule has 8 aromatic carbocycles. The minimum absolute atomic E-state index is 0.576. The number of anilines is 6. The van der Waals surface area contributed by atoms with Gasteiger partial charge in [-0.05, 0) is 167 Å². The van der Waals surface area contributed by atoms with Gasteiger partial charge in [0.05, 0.1) is 16.8 Å². The molecule has 0 unspecified atom stereocenters. The van der Waals surface area contributed by atoms with Gasteiger partial charge in [0.1, 0.15) is 0 Å². The van der Waals surface area contributed by atoms with Gasteiger partial charge in [-0.3, -0.25) is 0 Å². The monoisotopic (exact) mass is 816 g/mol. The summed E-state index contributed by atoms with van der Waals surface area (Å²) in [5.41, 5.74) is 25.8. The van der Waals surface area contributed by atoms with E-state index < -0.39 is 5.41 Å². The number of hydrogen-bond donors (Lipinski definition) is 0. The molecule has 0 spiro atoms. The number of para-hydroxylation sites is 2. The molecular weight excluding hydrogens is 761 g/mol. The lowest BCUT2D eigenvalue weighted by Crippen LogP contribution is -2.30. The first-order chi connectivity index (χ1) is 30.9. The molecule has 0 aromatic heterocycles. The number of fused-ring (bicyclic) bond motifs is 7. The van der Waals surface area contributed by atoms with Crippen LogP contribution in [-0.2, 0) is 31.1 Å². The van der Waals surface area contributed by atoms with Crippen molar-refractivity contribution in [2.24, 2.45) is 0 Å². The average molecular weight is 817 g/mol. The highest BCUT2D eigenvalue weighted by atomic mass is 15.2. The molecule has 2 heteroatoms. The Morgan fingerprint density at radius 2 is 0.810 bits per heavy atom. The van der Waals surface area contributed by atoms with E-state index in [1.54, 1.807) is 0 Å². The summed E-state index contributed by atoms with van der Waals surface area (Å²) in [6.07, 6.45) is 8.74. The van der Waals surface area contributed by atoms with Crippen LogP contribution in [0.4, 0.5) is 34.1 Å². The molecule has 3 aliphatic rings. The zero-order valence-corrected chi connectivity index (χ0v) is 37.2. The predicted molar refractivity (Wildman–Crippen MR) is 265 cm³/mol. The quantitative estimate of drug-likeness (QED) is 0.136. The highest BCUT2D eigenvalue weighted by molar-refractivity contribution is 5.95. The molecule has 0 saturated heterocycles. The Bertz CT molecular complexity index is 2770. The van der Waals surface area contributed by atoms with Crippen molar-refractivity contribution >= 4 is 34.1 Å². The summed E-state index contributed by atoms with van der Waals surface area (Å²) in [7, 11) is 0. The van der Waals surface area contributed by atoms with Crippen LogP contribution >= 0.6 is 0 Å². The summed E-state index contributed by atoms with van der Waals surface area (Å²) in [6, 6.07) is 65.9. The van der Waals surface area contributed by atoms with Gasteiger partial charge in [-0.25, -0.2) is 0 Å². The maximum atomic E-state index is 2.60. The van der Waals surface area contributed by atoms with Crippen LogP contribution in [-0.4, -0.2) is 0 Å². The molecule has 0 bridgehead atoms. The largest absolute Gasteiger partial charge is 0.310 e. The molecule has 11 rings (SSSR count). The Morgan fingerprint density at radius 1 is 0.413 bits per heavy atom. The first-order valence-corrected chi connectivity index (χ1v) is 23.4. The fourth-order valence-corrected chi connectivity index (χ4v) is 11.1. The van der Waals surface area contributed by atoms with E-state index in [-0.39, 0.29) is 0 Å². The van der Waals surface area contributed by atoms with Crippen LogP contribution in [0.25, 0.3) is 11.1 Å². The second-order valence-electron chi connectivity index (χ2n) is 18.4. The lowest BCUT2D eigenvalue weighted by Gasteiger charge is -2.38. The van der Waals surface area contributed by atoms with Crippen molar-refractivity contribution in [2.75, 3.05) is 9.80 Å². The Kier molecular flexibility index (Phi) is 9.91. The SMILES string of the molecule is CCCCc1ccc(C2(c3ccc(CCCC)cc3)c3cc4c(cc3-c3cc5c(cc32)N(c2ccccc2)c2ccc(C)cc2C5)Cc2cc(C)ccc2N4c2ccccc2)cc1. The average Bonchev–Trinajstić information content (AvgIpc) is 3.59. The Labute approximate surface area is 374 Å². The fourth-order valence-electron chi connectivity index (χ4n) is 11.1. The summed E-state index contributed by atoms with van der Waals surface area (Å²) in [5.74, 6) is 0. The van der Waals surface area contributed by atoms with Gasteiger partial charge in [-0.2, -0.15) is 0 Å². The second kappa shape index (κ2) is 15.9. The van der Waals surface area contributed by atoms with E-state index in [9.17, 15) is 0 Å². The van der Waals surface area contributed by atoms with Crippen molar-refractivity contribution in [3.05, 3.63) is 237 Å². The van der Waals surface area contributed by atoms with Crippen LogP contribution in [0.5, 0.6) is 0 Å². The summed E-state index contributed by atoms with van der Waals surface area (Å²) in [5, 5.41) is 0. The maximum Gasteiger partial charge on any atom is 0.0715 e. The third kappa shape index (κ3) is 6.53. The molecule has 0 atom stereocenters. The normalized spacial score (nSPS) is 14.0. The van der Waals surface area contributed by atoms with Gasteiger partial charge in [0.25, 0.3) is 0 Å². The molecule has 0 radical (unpaired) electrons. The Hall–Kier alpha value is -6.64. The van der Waals surface area contributed by atoms with E-state index in [0.29, 0.717) is 0 Å². The minimum atomic E-state index is -0.576. The lowest BCUT2D eigenvalue weighted by atomic mass is 9.67. The Balaban J connectivity index is 1.23. The summed E-state index contributed by atoms with van der Waals surface area (Å²) >= 11 is 0. The number of nitrogens with zero attached hydrogens (tertiary/aromatic N) is 2. The topological polar surface area (TPSA) is 6.48 Å². The standard InChI is InChI=1S/C61H56N2/c1-5-7-15-43-23-27-49(28-24-43)61(50-29-25-44(26-30-50)16-8-6-2)55-39-59-47(35-45-33-41(3)21-31-57(45)62(59)51-17-11-9-12-18-51)37-53(55)54-38-48-36-46-34-42(4)22-32-58(46)63(60(48)40-56(54)61)52-19-13-10-14-20-52/h9-14,17-34,37-40H,5-8,15-16,35-36H2,1-4H3. The number of unbranched alkanes of at least 4 members (excludes halogenated alkanes) is 2. The first kappa shape index (κ1) is 39.2. The highest BCUT2D eigenvalue weighted by Gasteiger charge is 2.48. The minimum Gasteiger partial charge on any atom is -0.310 e. The predicted octanol–water partition coefficient (Wildman–Crippen LogP) is 16.1. The van der Waals surface area contributed by atoms with E-state index in [0.717, 1.165) is 25.7 Å². The molecule has 0 saturated carbocycles. The summed E-state index contributed by atoms with van der Waals surface area (Å²) in [4.78, 5) is 5.06. The maximum absolute atomic E-state index is 2.60. The van der Waals surface area contributed by atoms with Gasteiger partial charge in [-0.1, -0.05) is 147 Å². The summed E-state index contributed by atoms with van der Waals surface area (Å²) < 4.78 is 0. The number of hydrogen-bond acceptors (Lipinski definition) is 2. The third-order valence-electron chi connectivity index (χ3n) is 14.2. The molecule has 0 fully saturated rings. The molecule has 0 N–H and O–H groups in total. The highest BCUT2D eigenvalue weighted by Crippen LogP contribution is 2.61.